The fourth-order valence-corrected chi connectivity index (χ4v) is 2.39. The molecule has 0 aliphatic carbocycles. The predicted octanol–water partition coefficient (Wildman–Crippen LogP) is 2.57. The lowest BCUT2D eigenvalue weighted by molar-refractivity contribution is 0.0973. The maximum Gasteiger partial charge on any atom is 0.315 e. The molecule has 5 heteroatoms. The van der Waals surface area contributed by atoms with E-state index in [1.165, 1.54) is 11.3 Å². The molecule has 90 valence electrons. The van der Waals surface area contributed by atoms with Crippen LogP contribution in [0.4, 0.5) is 0 Å². The summed E-state index contributed by atoms with van der Waals surface area (Å²) in [5.74, 6) is -0.0890. The number of furan rings is 1. The number of fused-ring (bicyclic) bond motifs is 1. The van der Waals surface area contributed by atoms with Crippen molar-refractivity contribution in [1.82, 2.24) is 4.57 Å². The van der Waals surface area contributed by atoms with Crippen LogP contribution in [0.3, 0.4) is 0 Å². The molecular weight excluding hydrogens is 248 g/mol. The molecule has 0 unspecified atom stereocenters. The number of carbonyl (C=O) groups excluding carboxylic acids is 1. The number of amides is 1. The van der Waals surface area contributed by atoms with Crippen molar-refractivity contribution in [3.8, 4) is 0 Å². The molecule has 0 fully saturated rings. The van der Waals surface area contributed by atoms with Gasteiger partial charge in [0.05, 0.1) is 0 Å². The second-order valence-corrected chi connectivity index (χ2v) is 4.73. The first kappa shape index (κ1) is 11.0. The molecule has 1 aromatic carbocycles. The molecule has 0 aliphatic rings. The van der Waals surface area contributed by atoms with Gasteiger partial charge in [-0.2, -0.15) is 4.99 Å². The molecule has 0 spiro atoms. The van der Waals surface area contributed by atoms with Crippen LogP contribution in [0.1, 0.15) is 10.6 Å². The van der Waals surface area contributed by atoms with Crippen LogP contribution in [0.5, 0.6) is 0 Å². The van der Waals surface area contributed by atoms with Crippen LogP contribution in [0, 0.1) is 0 Å². The van der Waals surface area contributed by atoms with E-state index >= 15 is 0 Å². The standard InChI is InChI=1S/C13H10N2O2S/c1-15-6-7-18-13(15)14-12(16)11-8-9-4-2-3-5-10(9)17-11/h2-8H,1H3. The van der Waals surface area contributed by atoms with E-state index in [0.29, 0.717) is 10.4 Å². The highest BCUT2D eigenvalue weighted by Crippen LogP contribution is 2.19. The Labute approximate surface area is 107 Å². The van der Waals surface area contributed by atoms with Crippen molar-refractivity contribution in [3.63, 3.8) is 0 Å². The van der Waals surface area contributed by atoms with Crippen molar-refractivity contribution in [2.45, 2.75) is 0 Å². The summed E-state index contributed by atoms with van der Waals surface area (Å²) >= 11 is 1.41. The van der Waals surface area contributed by atoms with E-state index in [4.69, 9.17) is 4.42 Å². The van der Waals surface area contributed by atoms with E-state index in [0.717, 1.165) is 5.39 Å². The fourth-order valence-electron chi connectivity index (χ4n) is 1.66. The van der Waals surface area contributed by atoms with Gasteiger partial charge in [-0.3, -0.25) is 4.79 Å². The van der Waals surface area contributed by atoms with E-state index in [1.807, 2.05) is 42.9 Å². The number of aromatic nitrogens is 1. The maximum atomic E-state index is 12.0. The van der Waals surface area contributed by atoms with Gasteiger partial charge in [-0.05, 0) is 12.1 Å². The number of para-hydroxylation sites is 1. The molecule has 1 amide bonds. The summed E-state index contributed by atoms with van der Waals surface area (Å²) in [7, 11) is 1.85. The number of hydrogen-bond acceptors (Lipinski definition) is 3. The fraction of sp³-hybridized carbons (Fsp3) is 0.0769. The predicted molar refractivity (Wildman–Crippen MR) is 69.4 cm³/mol. The zero-order valence-corrected chi connectivity index (χ0v) is 10.5. The van der Waals surface area contributed by atoms with Gasteiger partial charge < -0.3 is 8.98 Å². The Bertz CT molecular complexity index is 746. The molecule has 3 rings (SSSR count). The van der Waals surface area contributed by atoms with Crippen LogP contribution in [0.2, 0.25) is 0 Å². The first-order chi connectivity index (χ1) is 8.74. The molecule has 2 heterocycles. The van der Waals surface area contributed by atoms with Crippen molar-refractivity contribution in [2.75, 3.05) is 0 Å². The normalized spacial score (nSPS) is 12.2. The Hall–Kier alpha value is -2.14. The molecule has 3 aromatic rings. The minimum absolute atomic E-state index is 0.268. The quantitative estimate of drug-likeness (QED) is 0.673. The van der Waals surface area contributed by atoms with Crippen LogP contribution >= 0.6 is 11.3 Å². The van der Waals surface area contributed by atoms with Crippen LogP contribution < -0.4 is 4.80 Å². The van der Waals surface area contributed by atoms with Gasteiger partial charge >= 0.3 is 5.91 Å². The molecule has 2 aromatic heterocycles. The molecular formula is C13H10N2O2S. The van der Waals surface area contributed by atoms with Crippen LogP contribution in [-0.2, 0) is 7.05 Å². The molecule has 0 saturated heterocycles. The molecule has 0 aliphatic heterocycles. The summed E-state index contributed by atoms with van der Waals surface area (Å²) in [6.45, 7) is 0. The van der Waals surface area contributed by atoms with Gasteiger partial charge in [-0.25, -0.2) is 0 Å². The highest BCUT2D eigenvalue weighted by atomic mass is 32.1. The number of aryl methyl sites for hydroxylation is 1. The third kappa shape index (κ3) is 1.89. The van der Waals surface area contributed by atoms with Gasteiger partial charge in [0, 0.05) is 24.0 Å². The average Bonchev–Trinajstić information content (AvgIpc) is 2.96. The molecule has 4 nitrogen and oxygen atoms in total. The topological polar surface area (TPSA) is 47.5 Å². The van der Waals surface area contributed by atoms with Gasteiger partial charge in [0.15, 0.2) is 10.6 Å². The maximum absolute atomic E-state index is 12.0. The van der Waals surface area contributed by atoms with E-state index in [9.17, 15) is 4.79 Å². The van der Waals surface area contributed by atoms with Crippen molar-refractivity contribution in [3.05, 3.63) is 52.5 Å². The van der Waals surface area contributed by atoms with E-state index in [-0.39, 0.29) is 11.7 Å². The number of carbonyl (C=O) groups is 1. The van der Waals surface area contributed by atoms with Crippen molar-refractivity contribution in [2.24, 2.45) is 12.0 Å². The third-order valence-electron chi connectivity index (χ3n) is 2.59. The zero-order valence-electron chi connectivity index (χ0n) is 9.66. The van der Waals surface area contributed by atoms with E-state index in [2.05, 4.69) is 4.99 Å². The highest BCUT2D eigenvalue weighted by Gasteiger charge is 2.11. The molecule has 0 bridgehead atoms. The summed E-state index contributed by atoms with van der Waals surface area (Å²) in [4.78, 5) is 16.7. The largest absolute Gasteiger partial charge is 0.451 e. The molecule has 0 radical (unpaired) electrons. The third-order valence-corrected chi connectivity index (χ3v) is 3.44. The Morgan fingerprint density at radius 3 is 2.94 bits per heavy atom. The van der Waals surface area contributed by atoms with Crippen LogP contribution in [-0.4, -0.2) is 10.5 Å². The Balaban J connectivity index is 2.05. The summed E-state index contributed by atoms with van der Waals surface area (Å²) in [6.07, 6.45) is 1.86. The Morgan fingerprint density at radius 1 is 1.39 bits per heavy atom. The van der Waals surface area contributed by atoms with Gasteiger partial charge in [-0.15, -0.1) is 11.3 Å². The van der Waals surface area contributed by atoms with Crippen molar-refractivity contribution < 1.29 is 9.21 Å². The average molecular weight is 258 g/mol. The van der Waals surface area contributed by atoms with Crippen molar-refractivity contribution in [1.29, 1.82) is 0 Å². The SMILES string of the molecule is Cn1ccsc1=NC(=O)c1cc2ccccc2o1. The van der Waals surface area contributed by atoms with Crippen LogP contribution in [0.25, 0.3) is 11.0 Å². The number of thiazole rings is 1. The molecule has 18 heavy (non-hydrogen) atoms. The summed E-state index contributed by atoms with van der Waals surface area (Å²) in [6, 6.07) is 9.23. The lowest BCUT2D eigenvalue weighted by atomic mass is 10.2. The zero-order chi connectivity index (χ0) is 12.5. The summed E-state index contributed by atoms with van der Waals surface area (Å²) in [5.41, 5.74) is 0.701. The van der Waals surface area contributed by atoms with Gasteiger partial charge in [-0.1, -0.05) is 18.2 Å². The number of nitrogens with zero attached hydrogens (tertiary/aromatic N) is 2. The first-order valence-electron chi connectivity index (χ1n) is 5.42. The smallest absolute Gasteiger partial charge is 0.315 e. The molecule has 0 N–H and O–H groups in total. The number of hydrogen-bond donors (Lipinski definition) is 0. The van der Waals surface area contributed by atoms with E-state index in [1.54, 1.807) is 10.6 Å². The Kier molecular flexibility index (Phi) is 2.60. The monoisotopic (exact) mass is 258 g/mol. The minimum atomic E-state index is -0.357. The lowest BCUT2D eigenvalue weighted by Gasteiger charge is -1.89. The number of benzene rings is 1. The first-order valence-corrected chi connectivity index (χ1v) is 6.30. The Morgan fingerprint density at radius 2 is 2.22 bits per heavy atom. The van der Waals surface area contributed by atoms with Gasteiger partial charge in [0.1, 0.15) is 5.58 Å². The van der Waals surface area contributed by atoms with Crippen LogP contribution in [0.15, 0.2) is 51.3 Å². The minimum Gasteiger partial charge on any atom is -0.451 e. The second-order valence-electron chi connectivity index (χ2n) is 3.86. The summed E-state index contributed by atoms with van der Waals surface area (Å²) in [5, 5.41) is 2.79. The second kappa shape index (κ2) is 4.27. The van der Waals surface area contributed by atoms with Gasteiger partial charge in [0.25, 0.3) is 0 Å². The van der Waals surface area contributed by atoms with E-state index < -0.39 is 0 Å². The molecule has 0 atom stereocenters. The number of rotatable bonds is 1. The van der Waals surface area contributed by atoms with Crippen molar-refractivity contribution >= 4 is 28.2 Å². The molecule has 0 saturated carbocycles. The lowest BCUT2D eigenvalue weighted by Crippen LogP contribution is -2.12. The highest BCUT2D eigenvalue weighted by molar-refractivity contribution is 7.07. The summed E-state index contributed by atoms with van der Waals surface area (Å²) < 4.78 is 7.27. The van der Waals surface area contributed by atoms with Gasteiger partial charge in [0.2, 0.25) is 0 Å².